The molecule has 0 saturated carbocycles. The van der Waals surface area contributed by atoms with Crippen molar-refractivity contribution in [3.8, 4) is 0 Å². The van der Waals surface area contributed by atoms with Gasteiger partial charge >= 0.3 is 0 Å². The lowest BCUT2D eigenvalue weighted by Gasteiger charge is -2.30. The summed E-state index contributed by atoms with van der Waals surface area (Å²) in [7, 11) is 0. The first kappa shape index (κ1) is 17.5. The normalized spacial score (nSPS) is 19.1. The van der Waals surface area contributed by atoms with Crippen LogP contribution in [0.2, 0.25) is 0 Å². The summed E-state index contributed by atoms with van der Waals surface area (Å²) in [5.41, 5.74) is 0. The summed E-state index contributed by atoms with van der Waals surface area (Å²) in [4.78, 5) is 0. The van der Waals surface area contributed by atoms with Crippen molar-refractivity contribution in [2.45, 2.75) is 42.8 Å². The van der Waals surface area contributed by atoms with Gasteiger partial charge in [-0.15, -0.1) is 23.5 Å². The van der Waals surface area contributed by atoms with Crippen LogP contribution in [0.3, 0.4) is 0 Å². The first-order valence-electron chi connectivity index (χ1n) is 5.55. The Morgan fingerprint density at radius 1 is 0.824 bits per heavy atom. The Morgan fingerprint density at radius 2 is 1.29 bits per heavy atom. The lowest BCUT2D eigenvalue weighted by atomic mass is 10.0. The Hall–Kier alpha value is 0.500. The highest BCUT2D eigenvalue weighted by atomic mass is 32.2. The lowest BCUT2D eigenvalue weighted by Crippen LogP contribution is -2.48. The van der Waals surface area contributed by atoms with E-state index in [1.807, 2.05) is 13.8 Å². The Kier molecular flexibility index (Phi) is 9.71. The summed E-state index contributed by atoms with van der Waals surface area (Å²) in [6.45, 7) is 3.22. The van der Waals surface area contributed by atoms with Gasteiger partial charge in [-0.1, -0.05) is 13.8 Å². The predicted molar refractivity (Wildman–Crippen MR) is 71.2 cm³/mol. The molecule has 0 heterocycles. The third-order valence-electron chi connectivity index (χ3n) is 2.22. The van der Waals surface area contributed by atoms with Crippen LogP contribution in [0.15, 0.2) is 0 Å². The summed E-state index contributed by atoms with van der Waals surface area (Å²) in [6.07, 6.45) is -5.62. The molecule has 0 bridgehead atoms. The van der Waals surface area contributed by atoms with E-state index in [1.165, 1.54) is 23.5 Å². The van der Waals surface area contributed by atoms with Gasteiger partial charge in [0, 0.05) is 0 Å². The first-order valence-corrected chi connectivity index (χ1v) is 7.65. The third-order valence-corrected chi connectivity index (χ3v) is 4.92. The maximum absolute atomic E-state index is 9.91. The van der Waals surface area contributed by atoms with E-state index < -0.39 is 31.0 Å². The zero-order valence-corrected chi connectivity index (χ0v) is 11.7. The van der Waals surface area contributed by atoms with Crippen LogP contribution < -0.4 is 0 Å². The number of aliphatic hydroxyl groups is 5. The van der Waals surface area contributed by atoms with Crippen molar-refractivity contribution in [2.24, 2.45) is 0 Å². The molecule has 0 fully saturated rings. The topological polar surface area (TPSA) is 101 Å². The second kappa shape index (κ2) is 9.43. The highest BCUT2D eigenvalue weighted by molar-refractivity contribution is 8.17. The zero-order chi connectivity index (χ0) is 13.4. The van der Waals surface area contributed by atoms with Gasteiger partial charge in [0.2, 0.25) is 0 Å². The van der Waals surface area contributed by atoms with Crippen LogP contribution in [-0.4, -0.2) is 72.6 Å². The molecule has 0 saturated heterocycles. The van der Waals surface area contributed by atoms with Crippen LogP contribution in [0.4, 0.5) is 0 Å². The van der Waals surface area contributed by atoms with Gasteiger partial charge in [-0.3, -0.25) is 0 Å². The molecule has 0 rings (SSSR count). The Bertz CT molecular complexity index is 190. The number of aliphatic hydroxyl groups excluding tert-OH is 5. The van der Waals surface area contributed by atoms with Gasteiger partial charge in [0.15, 0.2) is 0 Å². The minimum absolute atomic E-state index is 0.263. The molecule has 104 valence electrons. The van der Waals surface area contributed by atoms with Crippen LogP contribution >= 0.6 is 23.5 Å². The van der Waals surface area contributed by atoms with Crippen LogP contribution in [-0.2, 0) is 0 Å². The van der Waals surface area contributed by atoms with Crippen LogP contribution in [0.25, 0.3) is 0 Å². The maximum atomic E-state index is 9.91. The first-order chi connectivity index (χ1) is 7.99. The van der Waals surface area contributed by atoms with Gasteiger partial charge in [0.25, 0.3) is 0 Å². The van der Waals surface area contributed by atoms with Gasteiger partial charge in [-0.2, -0.15) is 0 Å². The third kappa shape index (κ3) is 5.78. The molecule has 0 aliphatic heterocycles. The summed E-state index contributed by atoms with van der Waals surface area (Å²) in [5, 5.41) is 47.0. The molecule has 17 heavy (non-hydrogen) atoms. The molecule has 0 radical (unpaired) electrons. The van der Waals surface area contributed by atoms with Crippen LogP contribution in [0.5, 0.6) is 0 Å². The molecule has 0 aliphatic carbocycles. The fraction of sp³-hybridized carbons (Fsp3) is 1.00. The number of hydrogen-bond acceptors (Lipinski definition) is 7. The molecule has 5 nitrogen and oxygen atoms in total. The highest BCUT2D eigenvalue weighted by Gasteiger charge is 2.34. The van der Waals surface area contributed by atoms with Gasteiger partial charge < -0.3 is 25.5 Å². The largest absolute Gasteiger partial charge is 0.394 e. The molecule has 0 spiro atoms. The van der Waals surface area contributed by atoms with Crippen LogP contribution in [0.1, 0.15) is 13.8 Å². The molecular formula is C10H22O5S2. The standard InChI is InChI=1S/C10H22O5S2/c1-3-16-10(17-4-2)9(15)8(14)7(13)6(12)5-11/h6-15H,3-5H2,1-2H3/t6-,7+,8+,9+/m0/s1. The summed E-state index contributed by atoms with van der Waals surface area (Å²) >= 11 is 2.94. The molecule has 0 amide bonds. The second-order valence-corrected chi connectivity index (χ2v) is 6.64. The SMILES string of the molecule is CCSC(SCC)[C@H](O)[C@H](O)[C@H](O)[C@@H](O)CO. The van der Waals surface area contributed by atoms with Gasteiger partial charge in [-0.05, 0) is 11.5 Å². The maximum Gasteiger partial charge on any atom is 0.111 e. The zero-order valence-electron chi connectivity index (χ0n) is 10.1. The summed E-state index contributed by atoms with van der Waals surface area (Å²) in [5.74, 6) is 1.56. The Labute approximate surface area is 110 Å². The monoisotopic (exact) mass is 286 g/mol. The summed E-state index contributed by atoms with van der Waals surface area (Å²) in [6, 6.07) is 0. The van der Waals surface area contributed by atoms with Crippen molar-refractivity contribution < 1.29 is 25.5 Å². The van der Waals surface area contributed by atoms with E-state index in [9.17, 15) is 20.4 Å². The van der Waals surface area contributed by atoms with Crippen LogP contribution in [0, 0.1) is 0 Å². The van der Waals surface area contributed by atoms with Gasteiger partial charge in [-0.25, -0.2) is 0 Å². The molecule has 0 aliphatic rings. The molecular weight excluding hydrogens is 264 g/mol. The minimum Gasteiger partial charge on any atom is -0.394 e. The van der Waals surface area contributed by atoms with E-state index in [2.05, 4.69) is 0 Å². The quantitative estimate of drug-likeness (QED) is 0.356. The lowest BCUT2D eigenvalue weighted by molar-refractivity contribution is -0.111. The second-order valence-electron chi connectivity index (χ2n) is 3.50. The molecule has 0 unspecified atom stereocenters. The van der Waals surface area contributed by atoms with Crippen molar-refractivity contribution in [3.63, 3.8) is 0 Å². The van der Waals surface area contributed by atoms with Gasteiger partial charge in [0.05, 0.1) is 11.2 Å². The highest BCUT2D eigenvalue weighted by Crippen LogP contribution is 2.29. The van der Waals surface area contributed by atoms with Crippen molar-refractivity contribution >= 4 is 23.5 Å². The number of rotatable bonds is 9. The average molecular weight is 286 g/mol. The van der Waals surface area contributed by atoms with E-state index >= 15 is 0 Å². The number of hydrogen-bond donors (Lipinski definition) is 5. The average Bonchev–Trinajstić information content (AvgIpc) is 2.34. The molecule has 0 aromatic rings. The molecule has 0 aromatic heterocycles. The van der Waals surface area contributed by atoms with Crippen molar-refractivity contribution in [2.75, 3.05) is 18.1 Å². The van der Waals surface area contributed by atoms with E-state index in [4.69, 9.17) is 5.11 Å². The van der Waals surface area contributed by atoms with Gasteiger partial charge in [0.1, 0.15) is 24.4 Å². The Morgan fingerprint density at radius 3 is 1.65 bits per heavy atom. The molecule has 5 N–H and O–H groups in total. The molecule has 7 heteroatoms. The fourth-order valence-corrected chi connectivity index (χ4v) is 3.85. The van der Waals surface area contributed by atoms with Crippen molar-refractivity contribution in [3.05, 3.63) is 0 Å². The van der Waals surface area contributed by atoms with Crippen molar-refractivity contribution in [1.29, 1.82) is 0 Å². The smallest absolute Gasteiger partial charge is 0.111 e. The minimum atomic E-state index is -1.55. The number of thioether (sulfide) groups is 2. The van der Waals surface area contributed by atoms with E-state index in [0.29, 0.717) is 0 Å². The van der Waals surface area contributed by atoms with E-state index in [0.717, 1.165) is 11.5 Å². The molecule has 0 aromatic carbocycles. The van der Waals surface area contributed by atoms with Crippen molar-refractivity contribution in [1.82, 2.24) is 0 Å². The predicted octanol–water partition coefficient (Wildman–Crippen LogP) is -0.745. The van der Waals surface area contributed by atoms with E-state index in [1.54, 1.807) is 0 Å². The Balaban J connectivity index is 4.46. The molecule has 4 atom stereocenters. The van der Waals surface area contributed by atoms with E-state index in [-0.39, 0.29) is 4.58 Å². The fourth-order valence-electron chi connectivity index (χ4n) is 1.27. The summed E-state index contributed by atoms with van der Waals surface area (Å²) < 4.78 is -0.263.